The van der Waals surface area contributed by atoms with Crippen LogP contribution >= 0.6 is 0 Å². The summed E-state index contributed by atoms with van der Waals surface area (Å²) in [5.41, 5.74) is 6.65. The Balaban J connectivity index is 1.64. The van der Waals surface area contributed by atoms with Crippen molar-refractivity contribution >= 4 is 21.2 Å². The third-order valence-electron chi connectivity index (χ3n) is 4.09. The molecular formula is C13H20N4OS. The lowest BCUT2D eigenvalue weighted by molar-refractivity contribution is 0.564. The first-order chi connectivity index (χ1) is 9.07. The van der Waals surface area contributed by atoms with E-state index in [1.807, 2.05) is 6.07 Å². The minimum atomic E-state index is -2.36. The quantitative estimate of drug-likeness (QED) is 0.885. The maximum atomic E-state index is 12.4. The van der Waals surface area contributed by atoms with E-state index in [0.717, 1.165) is 44.5 Å². The number of rotatable bonds is 3. The lowest BCUT2D eigenvalue weighted by Gasteiger charge is -2.34. The minimum absolute atomic E-state index is 0.0815. The Labute approximate surface area is 114 Å². The van der Waals surface area contributed by atoms with Gasteiger partial charge in [0.15, 0.2) is 0 Å². The number of hydrogen-bond donors (Lipinski definition) is 2. The summed E-state index contributed by atoms with van der Waals surface area (Å²) in [6, 6.07) is 3.78. The highest BCUT2D eigenvalue weighted by atomic mass is 32.2. The SMILES string of the molecule is N=S(=O)(C1CC1)C1CCN(c2ccc(N)nc2)CC1. The molecule has 2 aliphatic rings. The molecule has 0 amide bonds. The normalized spacial score (nSPS) is 24.1. The van der Waals surface area contributed by atoms with Gasteiger partial charge in [0.2, 0.25) is 0 Å². The van der Waals surface area contributed by atoms with Gasteiger partial charge in [-0.3, -0.25) is 4.78 Å². The van der Waals surface area contributed by atoms with Crippen LogP contribution < -0.4 is 10.6 Å². The summed E-state index contributed by atoms with van der Waals surface area (Å²) in [5.74, 6) is 0.529. The monoisotopic (exact) mass is 280 g/mol. The summed E-state index contributed by atoms with van der Waals surface area (Å²) in [4.78, 5) is 6.34. The third-order valence-corrected chi connectivity index (χ3v) is 7.02. The highest BCUT2D eigenvalue weighted by Gasteiger charge is 2.39. The van der Waals surface area contributed by atoms with Gasteiger partial charge in [-0.1, -0.05) is 0 Å². The van der Waals surface area contributed by atoms with E-state index >= 15 is 0 Å². The molecule has 1 atom stereocenters. The number of nitrogen functional groups attached to an aromatic ring is 1. The second kappa shape index (κ2) is 4.67. The van der Waals surface area contributed by atoms with Gasteiger partial charge in [0.1, 0.15) is 5.82 Å². The number of hydrogen-bond acceptors (Lipinski definition) is 5. The van der Waals surface area contributed by atoms with Crippen LogP contribution in [0.5, 0.6) is 0 Å². The highest BCUT2D eigenvalue weighted by molar-refractivity contribution is 7.93. The van der Waals surface area contributed by atoms with E-state index in [-0.39, 0.29) is 10.5 Å². The first-order valence-corrected chi connectivity index (χ1v) is 8.49. The van der Waals surface area contributed by atoms with Crippen LogP contribution in [0.4, 0.5) is 11.5 Å². The third kappa shape index (κ3) is 2.54. The summed E-state index contributed by atoms with van der Waals surface area (Å²) in [5, 5.41) is 0.264. The van der Waals surface area contributed by atoms with Crippen LogP contribution in [0.3, 0.4) is 0 Å². The van der Waals surface area contributed by atoms with Crippen molar-refractivity contribution in [2.75, 3.05) is 23.7 Å². The van der Waals surface area contributed by atoms with Crippen molar-refractivity contribution in [3.63, 3.8) is 0 Å². The second-order valence-electron chi connectivity index (χ2n) is 5.47. The van der Waals surface area contributed by atoms with Gasteiger partial charge in [-0.25, -0.2) is 9.19 Å². The van der Waals surface area contributed by atoms with Crippen LogP contribution in [-0.4, -0.2) is 32.8 Å². The van der Waals surface area contributed by atoms with Crippen LogP contribution in [0.25, 0.3) is 0 Å². The number of nitrogens with one attached hydrogen (secondary N) is 1. The molecule has 1 saturated carbocycles. The Morgan fingerprint density at radius 3 is 2.37 bits per heavy atom. The average molecular weight is 280 g/mol. The minimum Gasteiger partial charge on any atom is -0.384 e. The molecule has 1 aromatic heterocycles. The van der Waals surface area contributed by atoms with Gasteiger partial charge >= 0.3 is 0 Å². The fourth-order valence-corrected chi connectivity index (χ4v) is 5.03. The molecule has 0 aromatic carbocycles. The Morgan fingerprint density at radius 1 is 1.21 bits per heavy atom. The molecule has 0 spiro atoms. The summed E-state index contributed by atoms with van der Waals surface area (Å²) in [6.45, 7) is 1.72. The number of piperidine rings is 1. The molecular weight excluding hydrogens is 260 g/mol. The first-order valence-electron chi connectivity index (χ1n) is 6.80. The van der Waals surface area contributed by atoms with Gasteiger partial charge in [0.25, 0.3) is 0 Å². The Bertz CT molecular complexity index is 543. The lowest BCUT2D eigenvalue weighted by Crippen LogP contribution is -2.40. The maximum absolute atomic E-state index is 12.4. The Hall–Kier alpha value is -1.30. The van der Waals surface area contributed by atoms with Crippen molar-refractivity contribution in [1.82, 2.24) is 4.98 Å². The molecule has 6 heteroatoms. The van der Waals surface area contributed by atoms with Crippen LogP contribution in [0, 0.1) is 4.78 Å². The molecule has 1 aliphatic heterocycles. The zero-order chi connectivity index (χ0) is 13.5. The van der Waals surface area contributed by atoms with Gasteiger partial charge in [-0.05, 0) is 37.8 Å². The zero-order valence-corrected chi connectivity index (χ0v) is 11.7. The molecule has 3 rings (SSSR count). The van der Waals surface area contributed by atoms with Crippen LogP contribution in [0.15, 0.2) is 18.3 Å². The topological polar surface area (TPSA) is 83.1 Å². The van der Waals surface area contributed by atoms with E-state index in [1.54, 1.807) is 12.3 Å². The highest BCUT2D eigenvalue weighted by Crippen LogP contribution is 2.35. The first kappa shape index (κ1) is 12.7. The molecule has 19 heavy (non-hydrogen) atoms. The largest absolute Gasteiger partial charge is 0.384 e. The molecule has 0 radical (unpaired) electrons. The fourth-order valence-electron chi connectivity index (χ4n) is 2.74. The fraction of sp³-hybridized carbons (Fsp3) is 0.615. The molecule has 1 saturated heterocycles. The van der Waals surface area contributed by atoms with Crippen molar-refractivity contribution in [3.8, 4) is 0 Å². The molecule has 1 aromatic rings. The van der Waals surface area contributed by atoms with E-state index < -0.39 is 9.73 Å². The lowest BCUT2D eigenvalue weighted by atomic mass is 10.1. The van der Waals surface area contributed by atoms with E-state index in [1.165, 1.54) is 0 Å². The van der Waals surface area contributed by atoms with Crippen molar-refractivity contribution in [3.05, 3.63) is 18.3 Å². The molecule has 104 valence electrons. The number of pyridine rings is 1. The van der Waals surface area contributed by atoms with Crippen LogP contribution in [0.1, 0.15) is 25.7 Å². The molecule has 0 bridgehead atoms. The summed E-state index contributed by atoms with van der Waals surface area (Å²) in [7, 11) is -2.36. The van der Waals surface area contributed by atoms with Gasteiger partial charge in [0, 0.05) is 23.6 Å². The molecule has 5 nitrogen and oxygen atoms in total. The van der Waals surface area contributed by atoms with E-state index in [0.29, 0.717) is 5.82 Å². The van der Waals surface area contributed by atoms with E-state index in [2.05, 4.69) is 9.88 Å². The summed E-state index contributed by atoms with van der Waals surface area (Å²) < 4.78 is 20.5. The van der Waals surface area contributed by atoms with Crippen molar-refractivity contribution in [2.24, 2.45) is 0 Å². The molecule has 2 heterocycles. The number of nitrogens with two attached hydrogens (primary N) is 1. The van der Waals surface area contributed by atoms with E-state index in [9.17, 15) is 4.21 Å². The van der Waals surface area contributed by atoms with Gasteiger partial charge < -0.3 is 10.6 Å². The summed E-state index contributed by atoms with van der Waals surface area (Å²) >= 11 is 0. The number of nitrogens with zero attached hydrogens (tertiary/aromatic N) is 2. The molecule has 2 fully saturated rings. The number of anilines is 2. The molecule has 1 unspecified atom stereocenters. The van der Waals surface area contributed by atoms with Crippen LogP contribution in [0.2, 0.25) is 0 Å². The standard InChI is InChI=1S/C13H20N4OS/c14-13-4-1-10(9-16-13)17-7-5-12(6-8-17)19(15,18)11-2-3-11/h1,4,9,11-12,15H,2-3,5-8H2,(H2,14,16). The average Bonchev–Trinajstić information content (AvgIpc) is 3.24. The van der Waals surface area contributed by atoms with Gasteiger partial charge in [-0.2, -0.15) is 0 Å². The van der Waals surface area contributed by atoms with E-state index in [4.69, 9.17) is 10.5 Å². The second-order valence-corrected chi connectivity index (χ2v) is 8.10. The van der Waals surface area contributed by atoms with Crippen molar-refractivity contribution < 1.29 is 4.21 Å². The molecule has 1 aliphatic carbocycles. The van der Waals surface area contributed by atoms with Gasteiger partial charge in [0.05, 0.1) is 21.6 Å². The number of aromatic nitrogens is 1. The summed E-state index contributed by atoms with van der Waals surface area (Å²) in [6.07, 6.45) is 5.47. The molecule has 3 N–H and O–H groups in total. The Kier molecular flexibility index (Phi) is 3.12. The van der Waals surface area contributed by atoms with Gasteiger partial charge in [-0.15, -0.1) is 0 Å². The van der Waals surface area contributed by atoms with Crippen LogP contribution in [-0.2, 0) is 9.73 Å². The maximum Gasteiger partial charge on any atom is 0.123 e. The zero-order valence-electron chi connectivity index (χ0n) is 10.9. The Morgan fingerprint density at radius 2 is 1.84 bits per heavy atom. The predicted octanol–water partition coefficient (Wildman–Crippen LogP) is 1.84. The van der Waals surface area contributed by atoms with Crippen molar-refractivity contribution in [2.45, 2.75) is 36.2 Å². The predicted molar refractivity (Wildman–Crippen MR) is 77.8 cm³/mol. The van der Waals surface area contributed by atoms with Crippen molar-refractivity contribution in [1.29, 1.82) is 4.78 Å². The smallest absolute Gasteiger partial charge is 0.123 e.